The zero-order valence-electron chi connectivity index (χ0n) is 11.1. The molecule has 0 aliphatic carbocycles. The molecule has 20 heavy (non-hydrogen) atoms. The van der Waals surface area contributed by atoms with Crippen molar-refractivity contribution in [1.82, 2.24) is 15.5 Å². The summed E-state index contributed by atoms with van der Waals surface area (Å²) in [4.78, 5) is 11.7. The average molecular weight is 278 g/mol. The van der Waals surface area contributed by atoms with Crippen molar-refractivity contribution in [3.63, 3.8) is 0 Å². The number of hydrogen-bond donors (Lipinski definition) is 3. The predicted molar refractivity (Wildman–Crippen MR) is 72.1 cm³/mol. The van der Waals surface area contributed by atoms with Gasteiger partial charge in [-0.25, -0.2) is 9.18 Å². The molecule has 1 heterocycles. The largest absolute Gasteiger partial charge is 0.494 e. The summed E-state index contributed by atoms with van der Waals surface area (Å²) >= 11 is 0. The fourth-order valence-corrected chi connectivity index (χ4v) is 1.72. The number of halogens is 1. The summed E-state index contributed by atoms with van der Waals surface area (Å²) in [5.41, 5.74) is 1.20. The van der Waals surface area contributed by atoms with E-state index in [0.29, 0.717) is 11.3 Å². The number of carbonyl (C=O) groups is 1. The molecule has 0 bridgehead atoms. The van der Waals surface area contributed by atoms with Crippen molar-refractivity contribution in [3.8, 4) is 5.75 Å². The summed E-state index contributed by atoms with van der Waals surface area (Å²) < 4.78 is 18.4. The number of benzene rings is 1. The maximum atomic E-state index is 13.6. The van der Waals surface area contributed by atoms with Crippen LogP contribution in [0.1, 0.15) is 18.5 Å². The van der Waals surface area contributed by atoms with E-state index in [-0.39, 0.29) is 11.8 Å². The van der Waals surface area contributed by atoms with Crippen LogP contribution in [0, 0.1) is 5.82 Å². The first-order valence-corrected chi connectivity index (χ1v) is 6.00. The van der Waals surface area contributed by atoms with Gasteiger partial charge in [-0.3, -0.25) is 5.10 Å². The quantitative estimate of drug-likeness (QED) is 0.803. The van der Waals surface area contributed by atoms with Gasteiger partial charge in [-0.1, -0.05) is 6.07 Å². The Balaban J connectivity index is 1.99. The van der Waals surface area contributed by atoms with Crippen LogP contribution in [0.15, 0.2) is 30.6 Å². The third-order valence-electron chi connectivity index (χ3n) is 2.78. The van der Waals surface area contributed by atoms with E-state index in [2.05, 4.69) is 20.8 Å². The Morgan fingerprint density at radius 3 is 2.90 bits per heavy atom. The molecule has 0 aliphatic heterocycles. The number of methoxy groups -OCH3 is 1. The second kappa shape index (κ2) is 6.05. The van der Waals surface area contributed by atoms with Crippen molar-refractivity contribution in [2.24, 2.45) is 0 Å². The van der Waals surface area contributed by atoms with Crippen molar-refractivity contribution in [1.29, 1.82) is 0 Å². The lowest BCUT2D eigenvalue weighted by molar-refractivity contribution is 0.249. The van der Waals surface area contributed by atoms with Gasteiger partial charge in [0.05, 0.1) is 25.0 Å². The van der Waals surface area contributed by atoms with Gasteiger partial charge >= 0.3 is 6.03 Å². The molecule has 0 fully saturated rings. The predicted octanol–water partition coefficient (Wildman–Crippen LogP) is 2.44. The molecule has 0 saturated carbocycles. The Morgan fingerprint density at radius 2 is 2.30 bits per heavy atom. The van der Waals surface area contributed by atoms with Gasteiger partial charge in [0.1, 0.15) is 0 Å². The third-order valence-corrected chi connectivity index (χ3v) is 2.78. The number of ether oxygens (including phenoxy) is 1. The minimum Gasteiger partial charge on any atom is -0.494 e. The fourth-order valence-electron chi connectivity index (χ4n) is 1.72. The smallest absolute Gasteiger partial charge is 0.319 e. The van der Waals surface area contributed by atoms with E-state index in [0.717, 1.165) is 0 Å². The molecule has 0 unspecified atom stereocenters. The van der Waals surface area contributed by atoms with Crippen LogP contribution in [0.3, 0.4) is 0 Å². The molecule has 0 spiro atoms. The highest BCUT2D eigenvalue weighted by atomic mass is 19.1. The molecule has 6 nitrogen and oxygen atoms in total. The second-order valence-corrected chi connectivity index (χ2v) is 4.20. The number of anilines is 1. The third kappa shape index (κ3) is 3.25. The number of H-pyrrole nitrogens is 1. The maximum Gasteiger partial charge on any atom is 0.319 e. The number of hydrogen-bond acceptors (Lipinski definition) is 3. The summed E-state index contributed by atoms with van der Waals surface area (Å²) in [6.45, 7) is 1.76. The number of amides is 2. The summed E-state index contributed by atoms with van der Waals surface area (Å²) in [5, 5.41) is 11.6. The number of aromatic amines is 1. The van der Waals surface area contributed by atoms with Crippen molar-refractivity contribution < 1.29 is 13.9 Å². The maximum absolute atomic E-state index is 13.6. The van der Waals surface area contributed by atoms with E-state index < -0.39 is 11.8 Å². The molecule has 2 aromatic rings. The molecule has 1 aromatic carbocycles. The van der Waals surface area contributed by atoms with Crippen molar-refractivity contribution >= 4 is 11.7 Å². The number of rotatable bonds is 4. The van der Waals surface area contributed by atoms with Gasteiger partial charge in [0.25, 0.3) is 0 Å². The first kappa shape index (κ1) is 13.9. The Bertz CT molecular complexity index is 586. The molecule has 106 valence electrons. The van der Waals surface area contributed by atoms with Gasteiger partial charge in [0, 0.05) is 6.20 Å². The summed E-state index contributed by atoms with van der Waals surface area (Å²) in [6, 6.07) is 3.82. The molecular weight excluding hydrogens is 263 g/mol. The van der Waals surface area contributed by atoms with Gasteiger partial charge in [-0.05, 0) is 24.6 Å². The van der Waals surface area contributed by atoms with Gasteiger partial charge in [-0.15, -0.1) is 0 Å². The highest BCUT2D eigenvalue weighted by Crippen LogP contribution is 2.21. The monoisotopic (exact) mass is 278 g/mol. The summed E-state index contributed by atoms with van der Waals surface area (Å²) in [6.07, 6.45) is 3.04. The fraction of sp³-hybridized carbons (Fsp3) is 0.231. The zero-order valence-corrected chi connectivity index (χ0v) is 11.1. The number of nitrogens with one attached hydrogen (secondary N) is 3. The first-order chi connectivity index (χ1) is 9.60. The lowest BCUT2D eigenvalue weighted by atomic mass is 10.1. The first-order valence-electron chi connectivity index (χ1n) is 6.00. The normalized spacial score (nSPS) is 11.8. The van der Waals surface area contributed by atoms with Crippen LogP contribution >= 0.6 is 0 Å². The van der Waals surface area contributed by atoms with Crippen molar-refractivity contribution in [3.05, 3.63) is 42.0 Å². The van der Waals surface area contributed by atoms with E-state index >= 15 is 0 Å². The van der Waals surface area contributed by atoms with Gasteiger partial charge in [0.2, 0.25) is 0 Å². The summed E-state index contributed by atoms with van der Waals surface area (Å²) in [5.74, 6) is -0.294. The van der Waals surface area contributed by atoms with Crippen LogP contribution in [-0.4, -0.2) is 23.3 Å². The molecule has 3 N–H and O–H groups in total. The SMILES string of the molecule is COc1ccc([C@H](C)NC(=O)Nc2cn[nH]c2)cc1F. The molecule has 1 atom stereocenters. The van der Waals surface area contributed by atoms with E-state index in [1.165, 1.54) is 25.4 Å². The van der Waals surface area contributed by atoms with E-state index in [1.807, 2.05) is 0 Å². The second-order valence-electron chi connectivity index (χ2n) is 4.20. The van der Waals surface area contributed by atoms with Gasteiger partial charge < -0.3 is 15.4 Å². The van der Waals surface area contributed by atoms with Crippen LogP contribution in [0.2, 0.25) is 0 Å². The van der Waals surface area contributed by atoms with E-state index in [1.54, 1.807) is 19.2 Å². The molecule has 0 aliphatic rings. The lowest BCUT2D eigenvalue weighted by Gasteiger charge is -2.15. The molecule has 2 rings (SSSR count). The molecule has 1 aromatic heterocycles. The van der Waals surface area contributed by atoms with E-state index in [9.17, 15) is 9.18 Å². The van der Waals surface area contributed by atoms with Crippen LogP contribution in [0.5, 0.6) is 5.75 Å². The van der Waals surface area contributed by atoms with Crippen molar-refractivity contribution in [2.75, 3.05) is 12.4 Å². The number of aromatic nitrogens is 2. The molecule has 0 saturated heterocycles. The minimum absolute atomic E-state index is 0.170. The Morgan fingerprint density at radius 1 is 1.50 bits per heavy atom. The van der Waals surface area contributed by atoms with Gasteiger partial charge in [0.15, 0.2) is 11.6 Å². The van der Waals surface area contributed by atoms with E-state index in [4.69, 9.17) is 4.74 Å². The highest BCUT2D eigenvalue weighted by molar-refractivity contribution is 5.89. The molecule has 7 heteroatoms. The Kier molecular flexibility index (Phi) is 4.19. The van der Waals surface area contributed by atoms with Crippen LogP contribution in [0.4, 0.5) is 14.9 Å². The van der Waals surface area contributed by atoms with Crippen LogP contribution < -0.4 is 15.4 Å². The van der Waals surface area contributed by atoms with Gasteiger partial charge in [-0.2, -0.15) is 5.10 Å². The summed E-state index contributed by atoms with van der Waals surface area (Å²) in [7, 11) is 1.40. The molecule has 2 amide bonds. The Labute approximate surface area is 115 Å². The zero-order chi connectivity index (χ0) is 14.5. The Hall–Kier alpha value is -2.57. The highest BCUT2D eigenvalue weighted by Gasteiger charge is 2.12. The number of nitrogens with zero attached hydrogens (tertiary/aromatic N) is 1. The standard InChI is InChI=1S/C13H15FN4O2/c1-8(9-3-4-12(20-2)11(14)5-9)17-13(19)18-10-6-15-16-7-10/h3-8H,1-2H3,(H,15,16)(H2,17,18,19)/t8-/m0/s1. The minimum atomic E-state index is -0.464. The van der Waals surface area contributed by atoms with Crippen LogP contribution in [0.25, 0.3) is 0 Å². The topological polar surface area (TPSA) is 79.0 Å². The lowest BCUT2D eigenvalue weighted by Crippen LogP contribution is -2.31. The average Bonchev–Trinajstić information content (AvgIpc) is 2.91. The molecular formula is C13H15FN4O2. The van der Waals surface area contributed by atoms with Crippen LogP contribution in [-0.2, 0) is 0 Å². The molecule has 0 radical (unpaired) electrons. The number of carbonyl (C=O) groups excluding carboxylic acids is 1. The van der Waals surface area contributed by atoms with Crippen molar-refractivity contribution in [2.45, 2.75) is 13.0 Å². The number of urea groups is 1.